The molecule has 0 aliphatic carbocycles. The van der Waals surface area contributed by atoms with Gasteiger partial charge in [0.1, 0.15) is 0 Å². The van der Waals surface area contributed by atoms with E-state index in [1.54, 1.807) is 42.8 Å². The van der Waals surface area contributed by atoms with Gasteiger partial charge in [-0.2, -0.15) is 11.3 Å². The van der Waals surface area contributed by atoms with Gasteiger partial charge in [-0.3, -0.25) is 9.59 Å². The summed E-state index contributed by atoms with van der Waals surface area (Å²) in [5, 5.41) is 9.30. The van der Waals surface area contributed by atoms with E-state index in [-0.39, 0.29) is 11.8 Å². The van der Waals surface area contributed by atoms with Crippen molar-refractivity contribution < 1.29 is 14.3 Å². The Hall–Kier alpha value is -2.22. The Morgan fingerprint density at radius 3 is 2.68 bits per heavy atom. The molecule has 0 radical (unpaired) electrons. The zero-order chi connectivity index (χ0) is 18.1. The highest BCUT2D eigenvalue weighted by Gasteiger charge is 2.14. The van der Waals surface area contributed by atoms with E-state index in [1.807, 2.05) is 12.4 Å². The Kier molecular flexibility index (Phi) is 7.59. The monoisotopic (exact) mass is 361 g/mol. The summed E-state index contributed by atoms with van der Waals surface area (Å²) in [5.41, 5.74) is 1.54. The van der Waals surface area contributed by atoms with Gasteiger partial charge in [-0.1, -0.05) is 12.1 Å². The van der Waals surface area contributed by atoms with Crippen LogP contribution >= 0.6 is 11.3 Å². The molecule has 0 bridgehead atoms. The number of carbonyl (C=O) groups is 2. The van der Waals surface area contributed by atoms with E-state index in [0.717, 1.165) is 13.1 Å². The number of anilines is 1. The number of hydrogen-bond donors (Lipinski definition) is 2. The first-order valence-electron chi connectivity index (χ1n) is 8.00. The van der Waals surface area contributed by atoms with Crippen molar-refractivity contribution >= 4 is 28.8 Å². The molecule has 2 rings (SSSR count). The Morgan fingerprint density at radius 2 is 1.96 bits per heavy atom. The standard InChI is InChI=1S/C18H23N3O3S/c1-21(10-11-24-2)9-8-19-18(23)15-5-3-4-6-16(15)20-17(22)14-7-12-25-13-14/h3-7,12-13H,8-11H2,1-2H3,(H,19,23)(H,20,22). The van der Waals surface area contributed by atoms with Crippen molar-refractivity contribution in [3.8, 4) is 0 Å². The fourth-order valence-electron chi connectivity index (χ4n) is 2.19. The van der Waals surface area contributed by atoms with Gasteiger partial charge in [0.25, 0.3) is 11.8 Å². The molecule has 0 unspecified atom stereocenters. The molecule has 1 aromatic heterocycles. The number of likely N-dealkylation sites (N-methyl/N-ethyl adjacent to an activating group) is 1. The quantitative estimate of drug-likeness (QED) is 0.719. The molecule has 0 saturated carbocycles. The Balaban J connectivity index is 1.92. The zero-order valence-electron chi connectivity index (χ0n) is 14.5. The first kappa shape index (κ1) is 19.1. The maximum atomic E-state index is 12.4. The molecule has 0 aliphatic heterocycles. The van der Waals surface area contributed by atoms with Crippen molar-refractivity contribution in [2.45, 2.75) is 0 Å². The van der Waals surface area contributed by atoms with Crippen molar-refractivity contribution in [2.24, 2.45) is 0 Å². The largest absolute Gasteiger partial charge is 0.383 e. The number of benzene rings is 1. The molecule has 2 amide bonds. The smallest absolute Gasteiger partial charge is 0.256 e. The van der Waals surface area contributed by atoms with Crippen LogP contribution in [0.2, 0.25) is 0 Å². The van der Waals surface area contributed by atoms with Crippen molar-refractivity contribution in [3.63, 3.8) is 0 Å². The Labute approximate surface area is 151 Å². The normalized spacial score (nSPS) is 10.7. The molecule has 0 aliphatic rings. The molecule has 1 aromatic carbocycles. The topological polar surface area (TPSA) is 70.7 Å². The molecule has 6 nitrogen and oxygen atoms in total. The second kappa shape index (κ2) is 9.93. The summed E-state index contributed by atoms with van der Waals surface area (Å²) in [6, 6.07) is 8.74. The maximum Gasteiger partial charge on any atom is 0.256 e. The third kappa shape index (κ3) is 5.97. The highest BCUT2D eigenvalue weighted by atomic mass is 32.1. The van der Waals surface area contributed by atoms with Crippen LogP contribution in [0.5, 0.6) is 0 Å². The lowest BCUT2D eigenvalue weighted by molar-refractivity contribution is 0.0948. The van der Waals surface area contributed by atoms with Crippen LogP contribution in [0.15, 0.2) is 41.1 Å². The summed E-state index contributed by atoms with van der Waals surface area (Å²) in [7, 11) is 3.64. The van der Waals surface area contributed by atoms with Crippen LogP contribution in [0.4, 0.5) is 5.69 Å². The molecule has 1 heterocycles. The minimum absolute atomic E-state index is 0.207. The lowest BCUT2D eigenvalue weighted by Crippen LogP contribution is -2.34. The predicted octanol–water partition coefficient (Wildman–Crippen LogP) is 2.31. The summed E-state index contributed by atoms with van der Waals surface area (Å²) in [6.07, 6.45) is 0. The van der Waals surface area contributed by atoms with Gasteiger partial charge in [0.05, 0.1) is 23.4 Å². The molecule has 2 aromatic rings. The van der Waals surface area contributed by atoms with E-state index in [0.29, 0.717) is 30.0 Å². The number of amides is 2. The van der Waals surface area contributed by atoms with Crippen LogP contribution in [-0.4, -0.2) is 57.1 Å². The first-order chi connectivity index (χ1) is 12.1. The zero-order valence-corrected chi connectivity index (χ0v) is 15.3. The van der Waals surface area contributed by atoms with Gasteiger partial charge in [-0.15, -0.1) is 0 Å². The van der Waals surface area contributed by atoms with Crippen LogP contribution in [0, 0.1) is 0 Å². The molecule has 7 heteroatoms. The molecule has 0 fully saturated rings. The molecule has 0 saturated heterocycles. The second-order valence-corrected chi connectivity index (χ2v) is 6.34. The van der Waals surface area contributed by atoms with Gasteiger partial charge in [-0.25, -0.2) is 0 Å². The number of methoxy groups -OCH3 is 1. The van der Waals surface area contributed by atoms with E-state index in [9.17, 15) is 9.59 Å². The summed E-state index contributed by atoms with van der Waals surface area (Å²) in [6.45, 7) is 2.70. The van der Waals surface area contributed by atoms with E-state index in [2.05, 4.69) is 15.5 Å². The lowest BCUT2D eigenvalue weighted by atomic mass is 10.1. The van der Waals surface area contributed by atoms with Crippen molar-refractivity contribution in [3.05, 3.63) is 52.2 Å². The van der Waals surface area contributed by atoms with Gasteiger partial charge < -0.3 is 20.3 Å². The lowest BCUT2D eigenvalue weighted by Gasteiger charge is -2.16. The highest BCUT2D eigenvalue weighted by molar-refractivity contribution is 7.08. The van der Waals surface area contributed by atoms with Crippen molar-refractivity contribution in [1.82, 2.24) is 10.2 Å². The van der Waals surface area contributed by atoms with Gasteiger partial charge in [0, 0.05) is 32.1 Å². The average Bonchev–Trinajstić information content (AvgIpc) is 3.15. The van der Waals surface area contributed by atoms with Crippen LogP contribution in [0.1, 0.15) is 20.7 Å². The van der Waals surface area contributed by atoms with Gasteiger partial charge >= 0.3 is 0 Å². The third-order valence-corrected chi connectivity index (χ3v) is 4.34. The van der Waals surface area contributed by atoms with E-state index in [4.69, 9.17) is 4.74 Å². The maximum absolute atomic E-state index is 12.4. The molecule has 0 atom stereocenters. The molecule has 0 spiro atoms. The summed E-state index contributed by atoms with van der Waals surface area (Å²) >= 11 is 1.45. The highest BCUT2D eigenvalue weighted by Crippen LogP contribution is 2.17. The number of hydrogen-bond acceptors (Lipinski definition) is 5. The number of thiophene rings is 1. The number of para-hydroxylation sites is 1. The molecule has 2 N–H and O–H groups in total. The SMILES string of the molecule is COCCN(C)CCNC(=O)c1ccccc1NC(=O)c1ccsc1. The number of rotatable bonds is 9. The number of nitrogens with zero attached hydrogens (tertiary/aromatic N) is 1. The van der Waals surface area contributed by atoms with Crippen LogP contribution in [0.3, 0.4) is 0 Å². The summed E-state index contributed by atoms with van der Waals surface area (Å²) in [4.78, 5) is 26.7. The molecular weight excluding hydrogens is 338 g/mol. The van der Waals surface area contributed by atoms with Crippen LogP contribution in [0.25, 0.3) is 0 Å². The first-order valence-corrected chi connectivity index (χ1v) is 8.94. The second-order valence-electron chi connectivity index (χ2n) is 5.56. The summed E-state index contributed by atoms with van der Waals surface area (Å²) < 4.78 is 5.02. The Morgan fingerprint density at radius 1 is 1.16 bits per heavy atom. The molecule has 134 valence electrons. The van der Waals surface area contributed by atoms with E-state index in [1.165, 1.54) is 11.3 Å². The van der Waals surface area contributed by atoms with Crippen LogP contribution in [-0.2, 0) is 4.74 Å². The minimum atomic E-state index is -0.221. The van der Waals surface area contributed by atoms with Gasteiger partial charge in [0.2, 0.25) is 0 Å². The van der Waals surface area contributed by atoms with Gasteiger partial charge in [-0.05, 0) is 30.6 Å². The predicted molar refractivity (Wildman–Crippen MR) is 100 cm³/mol. The molecular formula is C18H23N3O3S. The fourth-order valence-corrected chi connectivity index (χ4v) is 2.83. The van der Waals surface area contributed by atoms with Gasteiger partial charge in [0.15, 0.2) is 0 Å². The average molecular weight is 361 g/mol. The van der Waals surface area contributed by atoms with E-state index < -0.39 is 0 Å². The number of ether oxygens (including phenoxy) is 1. The molecule has 25 heavy (non-hydrogen) atoms. The third-order valence-electron chi connectivity index (χ3n) is 3.66. The number of carbonyl (C=O) groups excluding carboxylic acids is 2. The number of nitrogens with one attached hydrogen (secondary N) is 2. The Bertz CT molecular complexity index is 689. The fraction of sp³-hybridized carbons (Fsp3) is 0.333. The minimum Gasteiger partial charge on any atom is -0.383 e. The summed E-state index contributed by atoms with van der Waals surface area (Å²) in [5.74, 6) is -0.429. The van der Waals surface area contributed by atoms with Crippen molar-refractivity contribution in [2.75, 3.05) is 45.7 Å². The van der Waals surface area contributed by atoms with Crippen LogP contribution < -0.4 is 10.6 Å². The van der Waals surface area contributed by atoms with E-state index >= 15 is 0 Å². The van der Waals surface area contributed by atoms with Crippen molar-refractivity contribution in [1.29, 1.82) is 0 Å².